The second-order valence-electron chi connectivity index (χ2n) is 5.99. The number of likely N-dealkylation sites (tertiary alicyclic amines) is 1. The third kappa shape index (κ3) is 3.23. The molecule has 1 aliphatic carbocycles. The van der Waals surface area contributed by atoms with Gasteiger partial charge in [-0.1, -0.05) is 42.5 Å². The van der Waals surface area contributed by atoms with E-state index in [2.05, 4.69) is 12.2 Å². The monoisotopic (exact) mass is 315 g/mol. The Balaban J connectivity index is 1.72. The number of amides is 1. The van der Waals surface area contributed by atoms with Crippen molar-refractivity contribution >= 4 is 12.1 Å². The maximum atomic E-state index is 12.6. The molecule has 122 valence electrons. The molecule has 23 heavy (non-hydrogen) atoms. The minimum Gasteiger partial charge on any atom is -0.467 e. The zero-order valence-electron chi connectivity index (χ0n) is 13.2. The number of hydrogen-bond donors (Lipinski definition) is 0. The van der Waals surface area contributed by atoms with Gasteiger partial charge in [-0.3, -0.25) is 4.90 Å². The van der Waals surface area contributed by atoms with E-state index in [1.165, 1.54) is 7.11 Å². The fraction of sp³-hybridized carbons (Fsp3) is 0.444. The van der Waals surface area contributed by atoms with Gasteiger partial charge in [0.25, 0.3) is 0 Å². The van der Waals surface area contributed by atoms with E-state index in [9.17, 15) is 9.59 Å². The first-order chi connectivity index (χ1) is 11.2. The average Bonchev–Trinajstić information content (AvgIpc) is 2.99. The summed E-state index contributed by atoms with van der Waals surface area (Å²) in [6, 6.07) is 9.00. The lowest BCUT2D eigenvalue weighted by Gasteiger charge is -2.30. The van der Waals surface area contributed by atoms with E-state index < -0.39 is 12.1 Å². The van der Waals surface area contributed by atoms with Crippen LogP contribution in [0.15, 0.2) is 42.5 Å². The molecule has 0 aromatic heterocycles. The van der Waals surface area contributed by atoms with Crippen molar-refractivity contribution in [3.05, 3.63) is 48.0 Å². The Bertz CT molecular complexity index is 598. The Morgan fingerprint density at radius 3 is 2.65 bits per heavy atom. The molecule has 1 heterocycles. The lowest BCUT2D eigenvalue weighted by Crippen LogP contribution is -2.46. The van der Waals surface area contributed by atoms with E-state index in [-0.39, 0.29) is 18.6 Å². The van der Waals surface area contributed by atoms with Crippen LogP contribution in [0.25, 0.3) is 0 Å². The SMILES string of the molecule is COC(=O)[C@@H]1C[C@@H]2CC=CC[C@@H]2N1C(=O)OCc1ccccc1. The number of esters is 1. The number of nitrogens with zero attached hydrogens (tertiary/aromatic N) is 1. The van der Waals surface area contributed by atoms with E-state index in [1.54, 1.807) is 4.90 Å². The number of hydrogen-bond acceptors (Lipinski definition) is 4. The number of carbonyl (C=O) groups is 2. The van der Waals surface area contributed by atoms with Crippen molar-refractivity contribution in [1.29, 1.82) is 0 Å². The maximum absolute atomic E-state index is 12.6. The molecule has 5 nitrogen and oxygen atoms in total. The van der Waals surface area contributed by atoms with E-state index in [0.29, 0.717) is 12.3 Å². The number of ether oxygens (including phenoxy) is 2. The molecule has 0 N–H and O–H groups in total. The normalized spacial score (nSPS) is 25.8. The molecule has 1 amide bonds. The number of rotatable bonds is 3. The predicted octanol–water partition coefficient (Wildman–Crippen LogP) is 2.91. The van der Waals surface area contributed by atoms with Crippen LogP contribution in [0.3, 0.4) is 0 Å². The summed E-state index contributed by atoms with van der Waals surface area (Å²) >= 11 is 0. The molecule has 1 aliphatic heterocycles. The molecule has 3 rings (SSSR count). The Kier molecular flexibility index (Phi) is 4.65. The Morgan fingerprint density at radius 1 is 1.17 bits per heavy atom. The molecular weight excluding hydrogens is 294 g/mol. The van der Waals surface area contributed by atoms with Crippen molar-refractivity contribution in [1.82, 2.24) is 4.90 Å². The van der Waals surface area contributed by atoms with Crippen LogP contribution in [0.1, 0.15) is 24.8 Å². The topological polar surface area (TPSA) is 55.8 Å². The van der Waals surface area contributed by atoms with Gasteiger partial charge < -0.3 is 9.47 Å². The average molecular weight is 315 g/mol. The van der Waals surface area contributed by atoms with Gasteiger partial charge in [0, 0.05) is 6.04 Å². The number of carbonyl (C=O) groups excluding carboxylic acids is 2. The highest BCUT2D eigenvalue weighted by atomic mass is 16.6. The fourth-order valence-corrected chi connectivity index (χ4v) is 3.48. The molecule has 0 saturated carbocycles. The summed E-state index contributed by atoms with van der Waals surface area (Å²) in [6.45, 7) is 0.206. The highest BCUT2D eigenvalue weighted by molar-refractivity contribution is 5.82. The third-order valence-corrected chi connectivity index (χ3v) is 4.64. The minimum absolute atomic E-state index is 0.0207. The van der Waals surface area contributed by atoms with Crippen molar-refractivity contribution in [2.75, 3.05) is 7.11 Å². The van der Waals surface area contributed by atoms with Gasteiger partial charge in [-0.15, -0.1) is 0 Å². The van der Waals surface area contributed by atoms with Crippen LogP contribution in [0.4, 0.5) is 4.79 Å². The Labute approximate surface area is 135 Å². The predicted molar refractivity (Wildman–Crippen MR) is 84.5 cm³/mol. The van der Waals surface area contributed by atoms with Crippen molar-refractivity contribution < 1.29 is 19.1 Å². The zero-order valence-corrected chi connectivity index (χ0v) is 13.2. The van der Waals surface area contributed by atoms with Gasteiger partial charge in [0.05, 0.1) is 7.11 Å². The van der Waals surface area contributed by atoms with Crippen LogP contribution in [-0.2, 0) is 20.9 Å². The van der Waals surface area contributed by atoms with Gasteiger partial charge in [-0.25, -0.2) is 9.59 Å². The second kappa shape index (κ2) is 6.86. The van der Waals surface area contributed by atoms with Gasteiger partial charge in [0.15, 0.2) is 0 Å². The van der Waals surface area contributed by atoms with E-state index in [4.69, 9.17) is 9.47 Å². The van der Waals surface area contributed by atoms with Crippen LogP contribution >= 0.6 is 0 Å². The molecule has 1 saturated heterocycles. The molecule has 5 heteroatoms. The minimum atomic E-state index is -0.543. The second-order valence-corrected chi connectivity index (χ2v) is 5.99. The van der Waals surface area contributed by atoms with E-state index >= 15 is 0 Å². The fourth-order valence-electron chi connectivity index (χ4n) is 3.48. The van der Waals surface area contributed by atoms with Gasteiger partial charge >= 0.3 is 12.1 Å². The summed E-state index contributed by atoms with van der Waals surface area (Å²) in [5.74, 6) is -0.0653. The number of fused-ring (bicyclic) bond motifs is 1. The summed E-state index contributed by atoms with van der Waals surface area (Å²) in [7, 11) is 1.36. The molecule has 1 aromatic rings. The molecule has 3 atom stereocenters. The first-order valence-corrected chi connectivity index (χ1v) is 7.92. The van der Waals surface area contributed by atoms with E-state index in [1.807, 2.05) is 30.3 Å². The van der Waals surface area contributed by atoms with Gasteiger partial charge in [-0.05, 0) is 30.7 Å². The first-order valence-electron chi connectivity index (χ1n) is 7.92. The van der Waals surface area contributed by atoms with Crippen LogP contribution < -0.4 is 0 Å². The lowest BCUT2D eigenvalue weighted by molar-refractivity contribution is -0.145. The van der Waals surface area contributed by atoms with Crippen LogP contribution in [0, 0.1) is 5.92 Å². The first kappa shape index (κ1) is 15.6. The summed E-state index contributed by atoms with van der Waals surface area (Å²) in [5.41, 5.74) is 0.926. The third-order valence-electron chi connectivity index (χ3n) is 4.64. The summed E-state index contributed by atoms with van der Waals surface area (Å²) in [5, 5.41) is 0. The highest BCUT2D eigenvalue weighted by Gasteiger charge is 2.48. The number of allylic oxidation sites excluding steroid dienone is 1. The molecule has 0 unspecified atom stereocenters. The molecular formula is C18H21NO4. The summed E-state index contributed by atoms with van der Waals surface area (Å²) in [6.07, 6.45) is 6.04. The Hall–Kier alpha value is -2.30. The Morgan fingerprint density at radius 2 is 1.91 bits per heavy atom. The lowest BCUT2D eigenvalue weighted by atomic mass is 9.89. The summed E-state index contributed by atoms with van der Waals surface area (Å²) < 4.78 is 10.3. The maximum Gasteiger partial charge on any atom is 0.411 e. The largest absolute Gasteiger partial charge is 0.467 e. The number of methoxy groups -OCH3 is 1. The van der Waals surface area contributed by atoms with Gasteiger partial charge in [0.2, 0.25) is 0 Å². The van der Waals surface area contributed by atoms with E-state index in [0.717, 1.165) is 18.4 Å². The van der Waals surface area contributed by atoms with Crippen LogP contribution in [0.2, 0.25) is 0 Å². The molecule has 1 fully saturated rings. The highest BCUT2D eigenvalue weighted by Crippen LogP contribution is 2.38. The van der Waals surface area contributed by atoms with Crippen molar-refractivity contribution in [2.45, 2.75) is 38.0 Å². The summed E-state index contributed by atoms with van der Waals surface area (Å²) in [4.78, 5) is 26.2. The molecule has 0 bridgehead atoms. The standard InChI is InChI=1S/C18H21NO4/c1-22-17(20)16-11-14-9-5-6-10-15(14)19(16)18(21)23-12-13-7-3-2-4-8-13/h2-8,14-16H,9-12H2,1H3/t14-,15-,16-/m0/s1. The van der Waals surface area contributed by atoms with Crippen LogP contribution in [-0.4, -0.2) is 36.2 Å². The van der Waals surface area contributed by atoms with Crippen molar-refractivity contribution in [2.24, 2.45) is 5.92 Å². The molecule has 0 spiro atoms. The number of benzene rings is 1. The van der Waals surface area contributed by atoms with Gasteiger partial charge in [-0.2, -0.15) is 0 Å². The van der Waals surface area contributed by atoms with Crippen molar-refractivity contribution in [3.63, 3.8) is 0 Å². The van der Waals surface area contributed by atoms with Crippen molar-refractivity contribution in [3.8, 4) is 0 Å². The quantitative estimate of drug-likeness (QED) is 0.636. The molecule has 0 radical (unpaired) electrons. The molecule has 1 aromatic carbocycles. The molecule has 2 aliphatic rings. The van der Waals surface area contributed by atoms with Crippen LogP contribution in [0.5, 0.6) is 0 Å². The smallest absolute Gasteiger partial charge is 0.411 e. The van der Waals surface area contributed by atoms with Gasteiger partial charge in [0.1, 0.15) is 12.6 Å². The zero-order chi connectivity index (χ0) is 16.2.